The molecule has 0 aliphatic carbocycles. The average Bonchev–Trinajstić information content (AvgIpc) is 2.78. The first kappa shape index (κ1) is 27.4. The number of methoxy groups -OCH3 is 1. The van der Waals surface area contributed by atoms with Gasteiger partial charge in [-0.05, 0) is 47.7 Å². The van der Waals surface area contributed by atoms with E-state index in [0.29, 0.717) is 23.1 Å². The molecular weight excluding hydrogens is 500 g/mol. The fraction of sp³-hybridized carbons (Fsp3) is 0.296. The van der Waals surface area contributed by atoms with Crippen LogP contribution in [0.15, 0.2) is 54.6 Å². The molecule has 0 unspecified atom stereocenters. The molecule has 7 nitrogen and oxygen atoms in total. The zero-order chi connectivity index (χ0) is 26.7. The summed E-state index contributed by atoms with van der Waals surface area (Å²) in [5.74, 6) is 0.239. The minimum atomic E-state index is -3.59. The van der Waals surface area contributed by atoms with E-state index in [4.69, 9.17) is 21.1 Å². The molecule has 36 heavy (non-hydrogen) atoms. The Hall–Kier alpha value is -3.23. The number of hydrogen-bond donors (Lipinski definition) is 2. The van der Waals surface area contributed by atoms with Crippen LogP contribution in [0.4, 0.5) is 11.4 Å². The van der Waals surface area contributed by atoms with Gasteiger partial charge in [-0.15, -0.1) is 0 Å². The van der Waals surface area contributed by atoms with Crippen LogP contribution >= 0.6 is 11.6 Å². The van der Waals surface area contributed by atoms with Crippen molar-refractivity contribution in [1.29, 1.82) is 0 Å². The maximum Gasteiger partial charge on any atom is 0.255 e. The third-order valence-corrected chi connectivity index (χ3v) is 6.48. The van der Waals surface area contributed by atoms with Gasteiger partial charge in [0.1, 0.15) is 12.4 Å². The standard InChI is InChI=1S/C27H31ClN2O5S/c1-17-21(28)12-19(13-24(17)35-16-18-10-8-7-9-11-18)26(31)29-22-14-20(27(2,3)4)15-23(25(22)34-5)30-36(6,32)33/h7-15,30H,16H2,1-6H3,(H,29,31). The second-order valence-electron chi connectivity index (χ2n) is 9.54. The molecule has 0 saturated carbocycles. The number of carbonyl (C=O) groups is 1. The number of carbonyl (C=O) groups excluding carboxylic acids is 1. The van der Waals surface area contributed by atoms with Crippen LogP contribution in [0.25, 0.3) is 0 Å². The van der Waals surface area contributed by atoms with Crippen LogP contribution in [-0.2, 0) is 22.0 Å². The van der Waals surface area contributed by atoms with E-state index < -0.39 is 15.9 Å². The van der Waals surface area contributed by atoms with Gasteiger partial charge in [0, 0.05) is 16.1 Å². The van der Waals surface area contributed by atoms with Gasteiger partial charge in [0.05, 0.1) is 24.7 Å². The summed E-state index contributed by atoms with van der Waals surface area (Å²) in [6, 6.07) is 16.3. The van der Waals surface area contributed by atoms with E-state index in [1.165, 1.54) is 7.11 Å². The third-order valence-electron chi connectivity index (χ3n) is 5.50. The van der Waals surface area contributed by atoms with Crippen LogP contribution in [0.5, 0.6) is 11.5 Å². The molecule has 2 N–H and O–H groups in total. The molecule has 3 aromatic carbocycles. The predicted molar refractivity (Wildman–Crippen MR) is 145 cm³/mol. The van der Waals surface area contributed by atoms with Gasteiger partial charge in [-0.25, -0.2) is 8.42 Å². The normalized spacial score (nSPS) is 11.6. The fourth-order valence-electron chi connectivity index (χ4n) is 3.51. The zero-order valence-electron chi connectivity index (χ0n) is 21.2. The largest absolute Gasteiger partial charge is 0.492 e. The topological polar surface area (TPSA) is 93.7 Å². The number of benzene rings is 3. The van der Waals surface area contributed by atoms with Crippen LogP contribution in [-0.4, -0.2) is 27.7 Å². The van der Waals surface area contributed by atoms with E-state index in [-0.39, 0.29) is 22.4 Å². The maximum absolute atomic E-state index is 13.3. The Morgan fingerprint density at radius 1 is 1.03 bits per heavy atom. The molecule has 0 aromatic heterocycles. The number of sulfonamides is 1. The minimum absolute atomic E-state index is 0.195. The van der Waals surface area contributed by atoms with Crippen molar-refractivity contribution in [2.24, 2.45) is 0 Å². The number of rotatable bonds is 8. The average molecular weight is 531 g/mol. The summed E-state index contributed by atoms with van der Waals surface area (Å²) in [5.41, 5.74) is 3.02. The van der Waals surface area contributed by atoms with E-state index >= 15 is 0 Å². The Bertz CT molecular complexity index is 1370. The van der Waals surface area contributed by atoms with E-state index in [2.05, 4.69) is 10.0 Å². The second kappa shape index (κ2) is 10.8. The lowest BCUT2D eigenvalue weighted by Crippen LogP contribution is -2.18. The number of halogens is 1. The first-order valence-electron chi connectivity index (χ1n) is 11.3. The van der Waals surface area contributed by atoms with Gasteiger partial charge in [0.25, 0.3) is 5.91 Å². The van der Waals surface area contributed by atoms with Crippen molar-refractivity contribution < 1.29 is 22.7 Å². The van der Waals surface area contributed by atoms with E-state index in [1.807, 2.05) is 58.0 Å². The van der Waals surface area contributed by atoms with Crippen molar-refractivity contribution in [3.05, 3.63) is 81.9 Å². The monoisotopic (exact) mass is 530 g/mol. The first-order chi connectivity index (χ1) is 16.8. The molecule has 0 saturated heterocycles. The van der Waals surface area contributed by atoms with Crippen molar-refractivity contribution in [2.45, 2.75) is 39.7 Å². The van der Waals surface area contributed by atoms with Crippen molar-refractivity contribution in [2.75, 3.05) is 23.4 Å². The molecule has 9 heteroatoms. The Kier molecular flexibility index (Phi) is 8.21. The number of amides is 1. The number of hydrogen-bond acceptors (Lipinski definition) is 5. The van der Waals surface area contributed by atoms with Gasteiger partial charge in [-0.3, -0.25) is 9.52 Å². The Morgan fingerprint density at radius 2 is 1.67 bits per heavy atom. The number of ether oxygens (including phenoxy) is 2. The van der Waals surface area contributed by atoms with E-state index in [1.54, 1.807) is 24.3 Å². The highest BCUT2D eigenvalue weighted by atomic mass is 35.5. The molecule has 0 aliphatic heterocycles. The molecule has 0 fully saturated rings. The lowest BCUT2D eigenvalue weighted by atomic mass is 9.86. The second-order valence-corrected chi connectivity index (χ2v) is 11.7. The van der Waals surface area contributed by atoms with Crippen molar-refractivity contribution >= 4 is 38.9 Å². The van der Waals surface area contributed by atoms with Gasteiger partial charge in [0.15, 0.2) is 5.75 Å². The molecule has 0 heterocycles. The summed E-state index contributed by atoms with van der Waals surface area (Å²) < 4.78 is 37.9. The van der Waals surface area contributed by atoms with Gasteiger partial charge in [0.2, 0.25) is 10.0 Å². The summed E-state index contributed by atoms with van der Waals surface area (Å²) in [5, 5.41) is 3.24. The predicted octanol–water partition coefficient (Wildman–Crippen LogP) is 6.16. The molecule has 3 aromatic rings. The highest BCUT2D eigenvalue weighted by Crippen LogP contribution is 2.39. The summed E-state index contributed by atoms with van der Waals surface area (Å²) in [6.07, 6.45) is 1.06. The summed E-state index contributed by atoms with van der Waals surface area (Å²) in [4.78, 5) is 13.3. The van der Waals surface area contributed by atoms with Crippen LogP contribution in [0, 0.1) is 6.92 Å². The molecule has 0 radical (unpaired) electrons. The molecule has 1 amide bonds. The summed E-state index contributed by atoms with van der Waals surface area (Å²) >= 11 is 6.43. The van der Waals surface area contributed by atoms with Crippen LogP contribution in [0.1, 0.15) is 47.8 Å². The van der Waals surface area contributed by atoms with Gasteiger partial charge < -0.3 is 14.8 Å². The first-order valence-corrected chi connectivity index (χ1v) is 13.5. The molecule has 0 spiro atoms. The van der Waals surface area contributed by atoms with Crippen LogP contribution in [0.2, 0.25) is 5.02 Å². The number of nitrogens with one attached hydrogen (secondary N) is 2. The van der Waals surface area contributed by atoms with Crippen LogP contribution in [0.3, 0.4) is 0 Å². The van der Waals surface area contributed by atoms with E-state index in [0.717, 1.165) is 22.9 Å². The maximum atomic E-state index is 13.3. The SMILES string of the molecule is COc1c(NC(=O)c2cc(Cl)c(C)c(OCc3ccccc3)c2)cc(C(C)(C)C)cc1NS(C)(=O)=O. The van der Waals surface area contributed by atoms with Crippen molar-refractivity contribution in [3.8, 4) is 11.5 Å². The van der Waals surface area contributed by atoms with Crippen molar-refractivity contribution in [3.63, 3.8) is 0 Å². The molecule has 3 rings (SSSR count). The highest BCUT2D eigenvalue weighted by molar-refractivity contribution is 7.92. The molecule has 0 aliphatic rings. The minimum Gasteiger partial charge on any atom is -0.492 e. The lowest BCUT2D eigenvalue weighted by molar-refractivity contribution is 0.102. The van der Waals surface area contributed by atoms with Crippen molar-refractivity contribution in [1.82, 2.24) is 0 Å². The zero-order valence-corrected chi connectivity index (χ0v) is 22.8. The smallest absolute Gasteiger partial charge is 0.255 e. The Balaban J connectivity index is 1.97. The molecule has 0 atom stereocenters. The quantitative estimate of drug-likeness (QED) is 0.364. The fourth-order valence-corrected chi connectivity index (χ4v) is 4.28. The number of anilines is 2. The Morgan fingerprint density at radius 3 is 2.25 bits per heavy atom. The Labute approximate surface area is 217 Å². The molecule has 0 bridgehead atoms. The van der Waals surface area contributed by atoms with Gasteiger partial charge in [-0.1, -0.05) is 62.7 Å². The molecule has 192 valence electrons. The third kappa shape index (κ3) is 6.92. The summed E-state index contributed by atoms with van der Waals surface area (Å²) in [7, 11) is -2.18. The summed E-state index contributed by atoms with van der Waals surface area (Å²) in [6.45, 7) is 8.11. The van der Waals surface area contributed by atoms with E-state index in [9.17, 15) is 13.2 Å². The lowest BCUT2D eigenvalue weighted by Gasteiger charge is -2.24. The van der Waals surface area contributed by atoms with Gasteiger partial charge >= 0.3 is 0 Å². The van der Waals surface area contributed by atoms with Crippen LogP contribution < -0.4 is 19.5 Å². The van der Waals surface area contributed by atoms with Gasteiger partial charge in [-0.2, -0.15) is 0 Å². The highest BCUT2D eigenvalue weighted by Gasteiger charge is 2.23. The molecular formula is C27H31ClN2O5S.